The van der Waals surface area contributed by atoms with Crippen molar-refractivity contribution in [2.24, 2.45) is 5.92 Å². The number of Topliss-reactive ketones (excluding diaryl/α,β-unsaturated/α-hetero) is 1. The van der Waals surface area contributed by atoms with Gasteiger partial charge in [0.25, 0.3) is 11.8 Å². The van der Waals surface area contributed by atoms with E-state index in [1.807, 2.05) is 6.92 Å². The zero-order chi connectivity index (χ0) is 37.6. The first-order chi connectivity index (χ1) is 25.4. The molecular formula is C40H35Cl2F2N3O6. The van der Waals surface area contributed by atoms with Crippen LogP contribution in [-0.4, -0.2) is 55.8 Å². The normalized spacial score (nSPS) is 17.2. The average Bonchev–Trinajstić information content (AvgIpc) is 3.54. The predicted octanol–water partition coefficient (Wildman–Crippen LogP) is 8.01. The fourth-order valence-corrected chi connectivity index (χ4v) is 7.76. The van der Waals surface area contributed by atoms with Gasteiger partial charge in [-0.15, -0.1) is 0 Å². The second-order valence-corrected chi connectivity index (χ2v) is 14.4. The number of nitrogens with zero attached hydrogens (tertiary/aromatic N) is 2. The molecule has 0 bridgehead atoms. The molecule has 3 aliphatic heterocycles. The Bertz CT molecular complexity index is 2180. The lowest BCUT2D eigenvalue weighted by Crippen LogP contribution is -2.46. The number of ether oxygens (including phenoxy) is 2. The number of nitrogens with one attached hydrogen (secondary N) is 1. The van der Waals surface area contributed by atoms with Gasteiger partial charge in [0.05, 0.1) is 10.0 Å². The van der Waals surface area contributed by atoms with E-state index in [0.717, 1.165) is 0 Å². The van der Waals surface area contributed by atoms with Crippen LogP contribution in [0.1, 0.15) is 39.5 Å². The van der Waals surface area contributed by atoms with E-state index < -0.39 is 17.5 Å². The predicted molar refractivity (Wildman–Crippen MR) is 199 cm³/mol. The first kappa shape index (κ1) is 36.4. The number of ketones is 1. The summed E-state index contributed by atoms with van der Waals surface area (Å²) < 4.78 is 43.2. The monoisotopic (exact) mass is 761 g/mol. The molecule has 4 aromatic carbocycles. The van der Waals surface area contributed by atoms with Gasteiger partial charge < -0.3 is 29.4 Å². The van der Waals surface area contributed by atoms with Crippen molar-refractivity contribution in [3.63, 3.8) is 0 Å². The van der Waals surface area contributed by atoms with Crippen LogP contribution in [0.25, 0.3) is 33.4 Å². The minimum Gasteiger partial charge on any atom is -0.481 e. The van der Waals surface area contributed by atoms with Crippen molar-refractivity contribution in [3.8, 4) is 44.9 Å². The quantitative estimate of drug-likeness (QED) is 0.176. The molecule has 3 heterocycles. The molecule has 0 unspecified atom stereocenters. The van der Waals surface area contributed by atoms with Crippen LogP contribution >= 0.6 is 23.2 Å². The lowest BCUT2D eigenvalue weighted by atomic mass is 9.95. The lowest BCUT2D eigenvalue weighted by molar-refractivity contribution is -0.122. The number of benzene rings is 4. The Labute approximate surface area is 314 Å². The van der Waals surface area contributed by atoms with Crippen molar-refractivity contribution < 1.29 is 37.4 Å². The molecule has 0 spiro atoms. The summed E-state index contributed by atoms with van der Waals surface area (Å²) in [7, 11) is 0. The van der Waals surface area contributed by atoms with Gasteiger partial charge in [-0.05, 0) is 61.1 Å². The maximum atomic E-state index is 15.9. The molecule has 1 saturated heterocycles. The molecule has 9 nitrogen and oxygen atoms in total. The Morgan fingerprint density at radius 3 is 1.85 bits per heavy atom. The zero-order valence-corrected chi connectivity index (χ0v) is 30.5. The molecule has 7 rings (SSSR count). The fourth-order valence-electron chi connectivity index (χ4n) is 7.09. The minimum absolute atomic E-state index is 0.00501. The third-order valence-corrected chi connectivity index (χ3v) is 10.6. The molecule has 0 aliphatic carbocycles. The van der Waals surface area contributed by atoms with E-state index in [0.29, 0.717) is 59.1 Å². The molecule has 0 radical (unpaired) electrons. The van der Waals surface area contributed by atoms with Crippen LogP contribution in [0.3, 0.4) is 0 Å². The second kappa shape index (κ2) is 14.8. The summed E-state index contributed by atoms with van der Waals surface area (Å²) in [6.45, 7) is 3.25. The van der Waals surface area contributed by atoms with E-state index in [-0.39, 0.29) is 88.8 Å². The molecule has 3 aliphatic rings. The van der Waals surface area contributed by atoms with E-state index in [1.165, 1.54) is 28.9 Å². The molecule has 1 N–H and O–H groups in total. The van der Waals surface area contributed by atoms with Crippen LogP contribution in [0, 0.1) is 17.6 Å². The highest BCUT2D eigenvalue weighted by Crippen LogP contribution is 2.46. The van der Waals surface area contributed by atoms with E-state index in [4.69, 9.17) is 32.7 Å². The molecule has 1 fully saturated rings. The molecule has 3 amide bonds. The van der Waals surface area contributed by atoms with Gasteiger partial charge in [-0.2, -0.15) is 0 Å². The number of carbonyl (C=O) groups excluding carboxylic acids is 4. The number of halogens is 4. The summed E-state index contributed by atoms with van der Waals surface area (Å²) in [6.07, 6.45) is 1.84. The highest BCUT2D eigenvalue weighted by atomic mass is 35.5. The van der Waals surface area contributed by atoms with Gasteiger partial charge in [-0.1, -0.05) is 66.5 Å². The highest BCUT2D eigenvalue weighted by Gasteiger charge is 2.34. The van der Waals surface area contributed by atoms with E-state index in [1.54, 1.807) is 48.5 Å². The van der Waals surface area contributed by atoms with Crippen molar-refractivity contribution in [1.29, 1.82) is 0 Å². The molecule has 53 heavy (non-hydrogen) atoms. The standard InChI is InChI=1S/C40H35Cl2F2N3O6/c1-21(9-10-22(2)48)17-46-35(50)19-52-32-15-23(13-30(43)39(32)46)26-5-3-7-28(37(26)41)29-8-4-6-27(38(29)42)24-14-31(44)40-33(16-24)53-20-36(51)47(40)18-25-11-12-34(49)45-25/h3-8,13-16,21,25H,9-12,17-20H2,1-2H3,(H,45,49)/t21-,25-/m0/s1. The van der Waals surface area contributed by atoms with Crippen LogP contribution in [0.5, 0.6) is 11.5 Å². The Balaban J connectivity index is 1.20. The third-order valence-electron chi connectivity index (χ3n) is 9.78. The van der Waals surface area contributed by atoms with Gasteiger partial charge in [0.2, 0.25) is 5.91 Å². The maximum Gasteiger partial charge on any atom is 0.265 e. The topological polar surface area (TPSA) is 105 Å². The van der Waals surface area contributed by atoms with Crippen LogP contribution in [0.2, 0.25) is 10.0 Å². The number of hydrogen-bond donors (Lipinski definition) is 1. The summed E-state index contributed by atoms with van der Waals surface area (Å²) in [5.41, 5.74) is 2.93. The smallest absolute Gasteiger partial charge is 0.265 e. The number of amides is 3. The van der Waals surface area contributed by atoms with Crippen molar-refractivity contribution in [1.82, 2.24) is 5.32 Å². The van der Waals surface area contributed by atoms with Gasteiger partial charge in [0.15, 0.2) is 24.8 Å². The van der Waals surface area contributed by atoms with E-state index in [9.17, 15) is 19.2 Å². The summed E-state index contributed by atoms with van der Waals surface area (Å²) >= 11 is 14.1. The molecule has 4 aromatic rings. The summed E-state index contributed by atoms with van der Waals surface area (Å²) in [6, 6.07) is 16.1. The number of carbonyl (C=O) groups is 4. The van der Waals surface area contributed by atoms with Gasteiger partial charge in [0.1, 0.15) is 28.7 Å². The molecule has 0 saturated carbocycles. The summed E-state index contributed by atoms with van der Waals surface area (Å²) in [5.74, 6) is -1.85. The lowest BCUT2D eigenvalue weighted by Gasteiger charge is -2.32. The van der Waals surface area contributed by atoms with Crippen molar-refractivity contribution in [3.05, 3.63) is 82.3 Å². The molecule has 13 heteroatoms. The van der Waals surface area contributed by atoms with E-state index in [2.05, 4.69) is 5.32 Å². The number of rotatable bonds is 10. The Morgan fingerprint density at radius 2 is 1.34 bits per heavy atom. The summed E-state index contributed by atoms with van der Waals surface area (Å²) in [5, 5.41) is 3.37. The van der Waals surface area contributed by atoms with Crippen molar-refractivity contribution in [2.75, 3.05) is 36.1 Å². The second-order valence-electron chi connectivity index (χ2n) is 13.7. The van der Waals surface area contributed by atoms with Gasteiger partial charge in [0, 0.05) is 54.2 Å². The van der Waals surface area contributed by atoms with Crippen molar-refractivity contribution >= 4 is 58.1 Å². The van der Waals surface area contributed by atoms with Gasteiger partial charge in [-0.25, -0.2) is 8.78 Å². The summed E-state index contributed by atoms with van der Waals surface area (Å²) in [4.78, 5) is 51.5. The molecule has 2 atom stereocenters. The fraction of sp³-hybridized carbons (Fsp3) is 0.300. The Morgan fingerprint density at radius 1 is 0.830 bits per heavy atom. The number of hydrogen-bond acceptors (Lipinski definition) is 6. The zero-order valence-electron chi connectivity index (χ0n) is 28.9. The van der Waals surface area contributed by atoms with Crippen LogP contribution in [0.4, 0.5) is 20.2 Å². The van der Waals surface area contributed by atoms with Crippen LogP contribution in [0.15, 0.2) is 60.7 Å². The largest absolute Gasteiger partial charge is 0.481 e. The van der Waals surface area contributed by atoms with Crippen molar-refractivity contribution in [2.45, 2.75) is 45.6 Å². The molecule has 0 aromatic heterocycles. The van der Waals surface area contributed by atoms with Crippen LogP contribution in [-0.2, 0) is 19.2 Å². The van der Waals surface area contributed by atoms with Crippen LogP contribution < -0.4 is 24.6 Å². The highest BCUT2D eigenvalue weighted by molar-refractivity contribution is 6.39. The molecule has 274 valence electrons. The SMILES string of the molecule is CC(=O)CC[C@H](C)CN1C(=O)COc2cc(-c3cccc(-c4cccc(-c5cc(F)c6c(c5)OCC(=O)N6C[C@@H]5CCC(=O)N5)c4Cl)c3Cl)cc(F)c21. The Kier molecular flexibility index (Phi) is 10.1. The van der Waals surface area contributed by atoms with E-state index >= 15 is 8.78 Å². The third kappa shape index (κ3) is 7.20. The van der Waals surface area contributed by atoms with Gasteiger partial charge >= 0.3 is 0 Å². The number of anilines is 2. The first-order valence-electron chi connectivity index (χ1n) is 17.3. The molecular weight excluding hydrogens is 727 g/mol. The Hall–Kier alpha value is -5.00. The minimum atomic E-state index is -0.682. The first-order valence-corrected chi connectivity index (χ1v) is 18.1. The number of fused-ring (bicyclic) bond motifs is 2. The average molecular weight is 763 g/mol. The van der Waals surface area contributed by atoms with Gasteiger partial charge in [-0.3, -0.25) is 14.4 Å². The maximum absolute atomic E-state index is 15.9.